The standard InChI is InChI=1S/C18H20FN3O3S2/c1-20-10-17(23)22(14-6-9-26-11-14)13-18(20)7-8-21(12-18)27(24,25)16-5-3-2-4-15(16)19/h2-6,9,11H,7-8,10,12-13H2,1H3/t18-/m1/s1. The summed E-state index contributed by atoms with van der Waals surface area (Å²) < 4.78 is 41.3. The number of benzene rings is 1. The molecule has 0 unspecified atom stereocenters. The maximum absolute atomic E-state index is 14.1. The Kier molecular flexibility index (Phi) is 4.58. The molecule has 0 bridgehead atoms. The summed E-state index contributed by atoms with van der Waals surface area (Å²) in [6.07, 6.45) is 0.588. The molecule has 1 spiro atoms. The number of carbonyl (C=O) groups excluding carboxylic acids is 1. The van der Waals surface area contributed by atoms with Crippen molar-refractivity contribution < 1.29 is 17.6 Å². The lowest BCUT2D eigenvalue weighted by molar-refractivity contribution is -0.123. The molecule has 1 atom stereocenters. The fourth-order valence-electron chi connectivity index (χ4n) is 3.86. The average Bonchev–Trinajstić information content (AvgIpc) is 3.30. The molecule has 1 aromatic heterocycles. The maximum Gasteiger partial charge on any atom is 0.246 e. The van der Waals surface area contributed by atoms with E-state index in [2.05, 4.69) is 0 Å². The van der Waals surface area contributed by atoms with Gasteiger partial charge in [0.25, 0.3) is 0 Å². The number of thiophene rings is 1. The number of halogens is 1. The first-order chi connectivity index (χ1) is 12.8. The molecule has 2 saturated heterocycles. The zero-order valence-electron chi connectivity index (χ0n) is 14.8. The predicted molar refractivity (Wildman–Crippen MR) is 102 cm³/mol. The largest absolute Gasteiger partial charge is 0.309 e. The normalized spacial score (nSPS) is 24.8. The van der Waals surface area contributed by atoms with Gasteiger partial charge in [0.15, 0.2) is 0 Å². The molecule has 0 aliphatic carbocycles. The number of amides is 1. The summed E-state index contributed by atoms with van der Waals surface area (Å²) in [6.45, 7) is 1.17. The molecule has 2 aliphatic rings. The zero-order valence-corrected chi connectivity index (χ0v) is 16.5. The van der Waals surface area contributed by atoms with E-state index in [9.17, 15) is 17.6 Å². The Balaban J connectivity index is 1.62. The van der Waals surface area contributed by atoms with Crippen molar-refractivity contribution >= 4 is 33.0 Å². The van der Waals surface area contributed by atoms with Crippen molar-refractivity contribution in [2.24, 2.45) is 0 Å². The molecule has 0 saturated carbocycles. The number of nitrogens with zero attached hydrogens (tertiary/aromatic N) is 3. The summed E-state index contributed by atoms with van der Waals surface area (Å²) in [5.74, 6) is -0.748. The number of carbonyl (C=O) groups is 1. The van der Waals surface area contributed by atoms with Gasteiger partial charge in [-0.3, -0.25) is 9.69 Å². The highest BCUT2D eigenvalue weighted by molar-refractivity contribution is 7.89. The Morgan fingerprint density at radius 3 is 2.67 bits per heavy atom. The monoisotopic (exact) mass is 409 g/mol. The van der Waals surface area contributed by atoms with Crippen LogP contribution in [0, 0.1) is 5.82 Å². The highest BCUT2D eigenvalue weighted by Gasteiger charge is 2.50. The quantitative estimate of drug-likeness (QED) is 0.778. The number of rotatable bonds is 3. The zero-order chi connectivity index (χ0) is 19.2. The molecule has 9 heteroatoms. The lowest BCUT2D eigenvalue weighted by Gasteiger charge is -2.46. The van der Waals surface area contributed by atoms with Crippen LogP contribution >= 0.6 is 11.3 Å². The van der Waals surface area contributed by atoms with Crippen molar-refractivity contribution in [3.63, 3.8) is 0 Å². The molecule has 27 heavy (non-hydrogen) atoms. The number of hydrogen-bond donors (Lipinski definition) is 0. The van der Waals surface area contributed by atoms with Crippen LogP contribution in [0.3, 0.4) is 0 Å². The van der Waals surface area contributed by atoms with E-state index >= 15 is 0 Å². The highest BCUT2D eigenvalue weighted by atomic mass is 32.2. The lowest BCUT2D eigenvalue weighted by Crippen LogP contribution is -2.64. The molecule has 0 N–H and O–H groups in total. The van der Waals surface area contributed by atoms with Crippen molar-refractivity contribution in [1.29, 1.82) is 0 Å². The van der Waals surface area contributed by atoms with Crippen LogP contribution in [0.25, 0.3) is 0 Å². The summed E-state index contributed by atoms with van der Waals surface area (Å²) in [7, 11) is -2.07. The van der Waals surface area contributed by atoms with Gasteiger partial charge in [-0.15, -0.1) is 0 Å². The Bertz CT molecular complexity index is 964. The number of hydrogen-bond acceptors (Lipinski definition) is 5. The summed E-state index contributed by atoms with van der Waals surface area (Å²) >= 11 is 1.52. The first kappa shape index (κ1) is 18.5. The summed E-state index contributed by atoms with van der Waals surface area (Å²) in [5.41, 5.74) is 0.363. The summed E-state index contributed by atoms with van der Waals surface area (Å²) in [5, 5.41) is 3.83. The van der Waals surface area contributed by atoms with Crippen molar-refractivity contribution in [1.82, 2.24) is 9.21 Å². The van der Waals surface area contributed by atoms with Gasteiger partial charge < -0.3 is 4.90 Å². The summed E-state index contributed by atoms with van der Waals surface area (Å²) in [4.78, 5) is 15.9. The van der Waals surface area contributed by atoms with E-state index in [-0.39, 0.29) is 23.9 Å². The molecule has 2 fully saturated rings. The number of piperazine rings is 1. The van der Waals surface area contributed by atoms with Gasteiger partial charge in [0.2, 0.25) is 15.9 Å². The van der Waals surface area contributed by atoms with Crippen molar-refractivity contribution in [3.05, 3.63) is 46.9 Å². The molecular formula is C18H20FN3O3S2. The Hall–Kier alpha value is -1.81. The van der Waals surface area contributed by atoms with Gasteiger partial charge in [0.1, 0.15) is 10.7 Å². The third-order valence-electron chi connectivity index (χ3n) is 5.51. The molecule has 4 rings (SSSR count). The number of sulfonamides is 1. The predicted octanol–water partition coefficient (Wildman–Crippen LogP) is 2.00. The fraction of sp³-hybridized carbons (Fsp3) is 0.389. The molecular weight excluding hydrogens is 389 g/mol. The van der Waals surface area contributed by atoms with Crippen LogP contribution < -0.4 is 4.90 Å². The van der Waals surface area contributed by atoms with Crippen molar-refractivity contribution in [3.8, 4) is 0 Å². The fourth-order valence-corrected chi connectivity index (χ4v) is 6.09. The van der Waals surface area contributed by atoms with Gasteiger partial charge in [-0.25, -0.2) is 12.8 Å². The smallest absolute Gasteiger partial charge is 0.246 e. The Morgan fingerprint density at radius 2 is 1.96 bits per heavy atom. The minimum absolute atomic E-state index is 0.00284. The van der Waals surface area contributed by atoms with E-state index in [0.29, 0.717) is 19.5 Å². The maximum atomic E-state index is 14.1. The molecule has 144 valence electrons. The third kappa shape index (κ3) is 3.08. The van der Waals surface area contributed by atoms with E-state index in [1.807, 2.05) is 28.8 Å². The van der Waals surface area contributed by atoms with Crippen LogP contribution in [-0.4, -0.2) is 62.3 Å². The second-order valence-corrected chi connectivity index (χ2v) is 9.75. The lowest BCUT2D eigenvalue weighted by atomic mass is 9.93. The van der Waals surface area contributed by atoms with Gasteiger partial charge in [0, 0.05) is 25.0 Å². The van der Waals surface area contributed by atoms with E-state index in [1.54, 1.807) is 4.90 Å². The van der Waals surface area contributed by atoms with Gasteiger partial charge in [0.05, 0.1) is 17.8 Å². The highest BCUT2D eigenvalue weighted by Crippen LogP contribution is 2.36. The Labute approximate surface area is 161 Å². The van der Waals surface area contributed by atoms with E-state index in [0.717, 1.165) is 11.8 Å². The topological polar surface area (TPSA) is 60.9 Å². The van der Waals surface area contributed by atoms with Crippen LogP contribution in [0.15, 0.2) is 46.0 Å². The molecule has 2 aromatic rings. The minimum atomic E-state index is -3.92. The van der Waals surface area contributed by atoms with Crippen LogP contribution in [0.2, 0.25) is 0 Å². The van der Waals surface area contributed by atoms with Gasteiger partial charge in [-0.2, -0.15) is 15.6 Å². The average molecular weight is 410 g/mol. The van der Waals surface area contributed by atoms with Crippen molar-refractivity contribution in [2.75, 3.05) is 38.1 Å². The molecule has 3 heterocycles. The van der Waals surface area contributed by atoms with Crippen LogP contribution in [0.1, 0.15) is 6.42 Å². The van der Waals surface area contributed by atoms with Gasteiger partial charge >= 0.3 is 0 Å². The third-order valence-corrected chi connectivity index (χ3v) is 8.05. The van der Waals surface area contributed by atoms with Crippen LogP contribution in [0.4, 0.5) is 10.1 Å². The first-order valence-electron chi connectivity index (χ1n) is 8.62. The molecule has 6 nitrogen and oxygen atoms in total. The molecule has 1 amide bonds. The van der Waals surface area contributed by atoms with Crippen LogP contribution in [-0.2, 0) is 14.8 Å². The molecule has 2 aliphatic heterocycles. The second-order valence-electron chi connectivity index (χ2n) is 7.06. The number of likely N-dealkylation sites (N-methyl/N-ethyl adjacent to an activating group) is 1. The first-order valence-corrected chi connectivity index (χ1v) is 11.0. The van der Waals surface area contributed by atoms with Crippen LogP contribution in [0.5, 0.6) is 0 Å². The van der Waals surface area contributed by atoms with Gasteiger partial charge in [-0.05, 0) is 37.0 Å². The number of anilines is 1. The minimum Gasteiger partial charge on any atom is -0.309 e. The molecule has 0 radical (unpaired) electrons. The Morgan fingerprint density at radius 1 is 1.19 bits per heavy atom. The molecule has 1 aromatic carbocycles. The SMILES string of the molecule is CN1CC(=O)N(c2ccsc2)C[C@]12CCN(S(=O)(=O)c1ccccc1F)C2. The summed E-state index contributed by atoms with van der Waals surface area (Å²) in [6, 6.07) is 7.33. The van der Waals surface area contributed by atoms with Gasteiger partial charge in [-0.1, -0.05) is 12.1 Å². The van der Waals surface area contributed by atoms with E-state index in [4.69, 9.17) is 0 Å². The van der Waals surface area contributed by atoms with Crippen molar-refractivity contribution in [2.45, 2.75) is 16.9 Å². The second kappa shape index (κ2) is 6.66. The van der Waals surface area contributed by atoms with E-state index < -0.39 is 21.4 Å². The van der Waals surface area contributed by atoms with E-state index in [1.165, 1.54) is 33.8 Å².